The van der Waals surface area contributed by atoms with E-state index in [1.807, 2.05) is 17.1 Å². The highest BCUT2D eigenvalue weighted by atomic mass is 28.5. The maximum absolute atomic E-state index is 6.53. The Morgan fingerprint density at radius 3 is 0.833 bits per heavy atom. The summed E-state index contributed by atoms with van der Waals surface area (Å²) < 4.78 is 37.4. The van der Waals surface area contributed by atoms with Gasteiger partial charge >= 0.3 is 25.7 Å². The maximum Gasteiger partial charge on any atom is 0.347 e. The average molecular weight is 523 g/mol. The maximum atomic E-state index is 6.53. The highest BCUT2D eigenvalue weighted by Gasteiger charge is 2.54. The van der Waals surface area contributed by atoms with Gasteiger partial charge in [-0.2, -0.15) is 0 Å². The Morgan fingerprint density at radius 1 is 0.467 bits per heavy atom. The van der Waals surface area contributed by atoms with E-state index in [4.69, 9.17) is 25.6 Å². The fraction of sp³-hybridized carbons (Fsp3) is 0.667. The lowest BCUT2D eigenvalue weighted by Crippen LogP contribution is -2.66. The van der Waals surface area contributed by atoms with Crippen molar-refractivity contribution in [2.75, 3.05) is 0 Å². The summed E-state index contributed by atoms with van der Waals surface area (Å²) in [7, 11) is -13.0. The van der Waals surface area contributed by atoms with Crippen LogP contribution in [0, 0.1) is 0 Å². The minimum absolute atomic E-state index is 1.67. The molecular weight excluding hydrogens is 481 g/mol. The minimum Gasteiger partial charge on any atom is -0.550 e. The summed E-state index contributed by atoms with van der Waals surface area (Å²) in [5.74, 6) is 0. The molecule has 0 aromatic heterocycles. The van der Waals surface area contributed by atoms with Crippen molar-refractivity contribution in [2.24, 2.45) is 0 Å². The highest BCUT2D eigenvalue weighted by molar-refractivity contribution is 6.98. The summed E-state index contributed by atoms with van der Waals surface area (Å²) in [4.78, 5) is 0. The van der Waals surface area contributed by atoms with E-state index in [0.29, 0.717) is 0 Å². The molecule has 0 aliphatic carbocycles. The van der Waals surface area contributed by atoms with Crippen LogP contribution >= 0.6 is 0 Å². The van der Waals surface area contributed by atoms with Crippen molar-refractivity contribution in [3.05, 3.63) is 35.9 Å². The molecule has 1 fully saturated rings. The van der Waals surface area contributed by atoms with Crippen LogP contribution in [-0.4, -0.2) is 50.6 Å². The molecule has 1 aliphatic rings. The van der Waals surface area contributed by atoms with Crippen LogP contribution < -0.4 is 0 Å². The van der Waals surface area contributed by atoms with Crippen LogP contribution in [0.2, 0.25) is 78.6 Å². The van der Waals surface area contributed by atoms with Gasteiger partial charge in [0.1, 0.15) is 0 Å². The van der Waals surface area contributed by atoms with Gasteiger partial charge in [0.15, 0.2) is 0 Å². The first-order valence-corrected chi connectivity index (χ1v) is 27.8. The van der Waals surface area contributed by atoms with E-state index in [0.717, 1.165) is 0 Å². The lowest BCUT2D eigenvalue weighted by molar-refractivity contribution is 0.248. The lowest BCUT2D eigenvalue weighted by atomic mass is 11.2. The van der Waals surface area contributed by atoms with E-state index in [-0.39, 0.29) is 0 Å². The van der Waals surface area contributed by atoms with Gasteiger partial charge in [0, 0.05) is 0 Å². The van der Waals surface area contributed by atoms with Gasteiger partial charge in [-0.3, -0.25) is 0 Å². The first kappa shape index (κ1) is 27.8. The SMILES string of the molecule is C[Si](C)(C)O/C=C/[Si]1(C)O[Si](C)(/C=C/O[Si](C)(C)C)O[Si](C)(/C=C/O[Si](C)(C)C)O1. The number of hydrogen-bond acceptors (Lipinski definition) is 6. The van der Waals surface area contributed by atoms with Crippen LogP contribution in [0.5, 0.6) is 0 Å². The van der Waals surface area contributed by atoms with Crippen LogP contribution in [0.25, 0.3) is 0 Å². The molecule has 0 spiro atoms. The molecule has 6 nitrogen and oxygen atoms in total. The van der Waals surface area contributed by atoms with E-state index in [9.17, 15) is 0 Å². The van der Waals surface area contributed by atoms with Gasteiger partial charge < -0.3 is 25.6 Å². The molecule has 0 N–H and O–H groups in total. The van der Waals surface area contributed by atoms with Crippen molar-refractivity contribution >= 4 is 50.6 Å². The van der Waals surface area contributed by atoms with Crippen LogP contribution in [0.4, 0.5) is 0 Å². The third kappa shape index (κ3) is 11.4. The molecule has 12 heteroatoms. The quantitative estimate of drug-likeness (QED) is 0.274. The summed E-state index contributed by atoms with van der Waals surface area (Å²) in [6.07, 6.45) is 5.33. The Balaban J connectivity index is 3.17. The molecule has 0 aromatic carbocycles. The zero-order chi connectivity index (χ0) is 23.5. The van der Waals surface area contributed by atoms with Gasteiger partial charge in [-0.1, -0.05) is 0 Å². The van der Waals surface area contributed by atoms with E-state index < -0.39 is 50.6 Å². The fourth-order valence-electron chi connectivity index (χ4n) is 2.56. The predicted molar refractivity (Wildman–Crippen MR) is 139 cm³/mol. The first-order valence-electron chi connectivity index (χ1n) is 10.4. The monoisotopic (exact) mass is 522 g/mol. The van der Waals surface area contributed by atoms with E-state index in [2.05, 4.69) is 78.6 Å². The molecule has 0 aromatic rings. The molecule has 1 heterocycles. The summed E-state index contributed by atoms with van der Waals surface area (Å²) >= 11 is 0. The molecule has 1 saturated heterocycles. The highest BCUT2D eigenvalue weighted by Crippen LogP contribution is 2.33. The normalized spacial score (nSPS) is 31.6. The van der Waals surface area contributed by atoms with Crippen molar-refractivity contribution in [2.45, 2.75) is 78.6 Å². The molecule has 0 atom stereocenters. The fourth-order valence-corrected chi connectivity index (χ4v) is 18.3. The van der Waals surface area contributed by atoms with E-state index in [1.54, 1.807) is 18.8 Å². The molecular formula is C18H42O6Si6. The third-order valence-electron chi connectivity index (χ3n) is 3.59. The summed E-state index contributed by atoms with van der Waals surface area (Å²) in [5, 5.41) is 0. The Kier molecular flexibility index (Phi) is 9.04. The third-order valence-corrected chi connectivity index (χ3v) is 18.1. The smallest absolute Gasteiger partial charge is 0.347 e. The molecule has 0 unspecified atom stereocenters. The van der Waals surface area contributed by atoms with Crippen LogP contribution in [0.1, 0.15) is 0 Å². The summed E-state index contributed by atoms with van der Waals surface area (Å²) in [5.41, 5.74) is 5.97. The van der Waals surface area contributed by atoms with Gasteiger partial charge in [0.05, 0.1) is 18.8 Å². The molecule has 0 amide bonds. The summed E-state index contributed by atoms with van der Waals surface area (Å²) in [6, 6.07) is 0. The van der Waals surface area contributed by atoms with Gasteiger partial charge in [0.25, 0.3) is 0 Å². The molecule has 0 bridgehead atoms. The van der Waals surface area contributed by atoms with Crippen LogP contribution in [0.15, 0.2) is 35.9 Å². The zero-order valence-corrected chi connectivity index (χ0v) is 26.9. The minimum atomic E-state index is -2.67. The van der Waals surface area contributed by atoms with Crippen molar-refractivity contribution < 1.29 is 25.6 Å². The van der Waals surface area contributed by atoms with E-state index >= 15 is 0 Å². The Morgan fingerprint density at radius 2 is 0.667 bits per heavy atom. The molecule has 174 valence electrons. The second kappa shape index (κ2) is 9.74. The van der Waals surface area contributed by atoms with Crippen molar-refractivity contribution in [3.8, 4) is 0 Å². The van der Waals surface area contributed by atoms with E-state index in [1.165, 1.54) is 0 Å². The predicted octanol–water partition coefficient (Wildman–Crippen LogP) is 5.98. The summed E-state index contributed by atoms with van der Waals surface area (Å²) in [6.45, 7) is 25.5. The second-order valence-corrected chi connectivity index (χ2v) is 33.9. The molecule has 30 heavy (non-hydrogen) atoms. The molecule has 0 saturated carbocycles. The van der Waals surface area contributed by atoms with Gasteiger partial charge in [0.2, 0.25) is 25.0 Å². The number of hydrogen-bond donors (Lipinski definition) is 0. The molecule has 1 rings (SSSR count). The van der Waals surface area contributed by atoms with Crippen LogP contribution in [0.3, 0.4) is 0 Å². The standard InChI is InChI=1S/C18H42O6Si6/c1-25(2,3)19-13-16-28(10)22-29(11,17-14-20-26(4,5)6)24-30(12,23-28)18-15-21-27(7,8)9/h13-18H,1-12H3/b16-13+,17-14+,18-15+. The largest absolute Gasteiger partial charge is 0.550 e. The Hall–Kier alpha value is -0.199. The lowest BCUT2D eigenvalue weighted by Gasteiger charge is -2.46. The second-order valence-electron chi connectivity index (χ2n) is 11.0. The average Bonchev–Trinajstić information content (AvgIpc) is 2.40. The van der Waals surface area contributed by atoms with Gasteiger partial charge in [-0.05, 0) is 95.7 Å². The van der Waals surface area contributed by atoms with Gasteiger partial charge in [-0.25, -0.2) is 0 Å². The van der Waals surface area contributed by atoms with Crippen molar-refractivity contribution in [1.29, 1.82) is 0 Å². The zero-order valence-electron chi connectivity index (χ0n) is 20.9. The number of rotatable bonds is 9. The Labute approximate surface area is 190 Å². The van der Waals surface area contributed by atoms with Crippen molar-refractivity contribution in [3.63, 3.8) is 0 Å². The Bertz CT molecular complexity index is 563. The molecule has 1 aliphatic heterocycles. The van der Waals surface area contributed by atoms with Crippen LogP contribution in [-0.2, 0) is 25.6 Å². The first-order chi connectivity index (χ1) is 13.2. The van der Waals surface area contributed by atoms with Gasteiger partial charge in [-0.15, -0.1) is 0 Å². The molecule has 0 radical (unpaired) electrons. The topological polar surface area (TPSA) is 55.4 Å². The van der Waals surface area contributed by atoms with Crippen molar-refractivity contribution in [1.82, 2.24) is 0 Å².